The molecule has 3 rings (SSSR count). The molecule has 1 aliphatic heterocycles. The molecule has 2 aromatic rings. The Balaban J connectivity index is 1.98. The highest BCUT2D eigenvalue weighted by Crippen LogP contribution is 2.38. The number of carbonyl (C=O) groups excluding carboxylic acids is 1. The van der Waals surface area contributed by atoms with Gasteiger partial charge in [-0.1, -0.05) is 6.08 Å². The van der Waals surface area contributed by atoms with Crippen LogP contribution in [0.4, 0.5) is 10.5 Å². The van der Waals surface area contributed by atoms with Gasteiger partial charge in [0.1, 0.15) is 5.60 Å². The summed E-state index contributed by atoms with van der Waals surface area (Å²) in [6, 6.07) is 4.92. The average molecular weight is 385 g/mol. The second-order valence-corrected chi connectivity index (χ2v) is 8.92. The Hall–Kier alpha value is -2.83. The lowest BCUT2D eigenvalue weighted by atomic mass is 9.86. The number of carbonyl (C=O) groups is 1. The number of hydrogen-bond donors (Lipinski definition) is 0. The molecule has 1 aromatic carbocycles. The first-order chi connectivity index (χ1) is 12.9. The van der Waals surface area contributed by atoms with E-state index in [4.69, 9.17) is 4.74 Å². The molecule has 28 heavy (non-hydrogen) atoms. The van der Waals surface area contributed by atoms with Crippen molar-refractivity contribution in [3.05, 3.63) is 46.1 Å². The number of benzene rings is 1. The molecule has 0 aliphatic carbocycles. The zero-order valence-electron chi connectivity index (χ0n) is 17.3. The van der Waals surface area contributed by atoms with Gasteiger partial charge in [-0.05, 0) is 52.7 Å². The fourth-order valence-electron chi connectivity index (χ4n) is 3.68. The summed E-state index contributed by atoms with van der Waals surface area (Å²) >= 11 is 0. The maximum absolute atomic E-state index is 12.6. The van der Waals surface area contributed by atoms with Crippen molar-refractivity contribution in [2.75, 3.05) is 6.54 Å². The predicted molar refractivity (Wildman–Crippen MR) is 109 cm³/mol. The Bertz CT molecular complexity index is 979. The first-order valence-corrected chi connectivity index (χ1v) is 9.32. The predicted octanol–water partition coefficient (Wildman–Crippen LogP) is 4.89. The molecule has 150 valence electrons. The largest absolute Gasteiger partial charge is 0.444 e. The standard InChI is InChI=1S/C21H27N3O4/c1-20(2,3)28-19(25)23-10-9-14(12-21(23,4)5)17-13-22(6)18-8-7-15(24(26)27)11-16(17)18/h7-9,11,13H,10,12H2,1-6H3. The second-order valence-electron chi connectivity index (χ2n) is 8.92. The van der Waals surface area contributed by atoms with Crippen LogP contribution in [0.2, 0.25) is 0 Å². The van der Waals surface area contributed by atoms with E-state index < -0.39 is 11.1 Å². The molecule has 1 amide bonds. The lowest BCUT2D eigenvalue weighted by molar-refractivity contribution is -0.384. The molecule has 0 radical (unpaired) electrons. The number of non-ortho nitro benzene ring substituents is 1. The van der Waals surface area contributed by atoms with Crippen molar-refractivity contribution in [2.24, 2.45) is 7.05 Å². The molecule has 0 saturated carbocycles. The highest BCUT2D eigenvalue weighted by atomic mass is 16.6. The van der Waals surface area contributed by atoms with E-state index in [-0.39, 0.29) is 16.7 Å². The molecule has 0 atom stereocenters. The molecule has 2 heterocycles. The van der Waals surface area contributed by atoms with E-state index in [1.165, 1.54) is 6.07 Å². The molecule has 0 spiro atoms. The molecule has 0 N–H and O–H groups in total. The molecular formula is C21H27N3O4. The number of nitro groups is 1. The highest BCUT2D eigenvalue weighted by Gasteiger charge is 2.37. The van der Waals surface area contributed by atoms with E-state index >= 15 is 0 Å². The summed E-state index contributed by atoms with van der Waals surface area (Å²) < 4.78 is 7.52. The van der Waals surface area contributed by atoms with Gasteiger partial charge >= 0.3 is 6.09 Å². The van der Waals surface area contributed by atoms with Crippen LogP contribution in [0.25, 0.3) is 16.5 Å². The summed E-state index contributed by atoms with van der Waals surface area (Å²) in [5.41, 5.74) is 2.08. The summed E-state index contributed by atoms with van der Waals surface area (Å²) in [6.45, 7) is 10.0. The third-order valence-corrected chi connectivity index (χ3v) is 5.02. The van der Waals surface area contributed by atoms with Crippen molar-refractivity contribution in [1.82, 2.24) is 9.47 Å². The van der Waals surface area contributed by atoms with E-state index in [9.17, 15) is 14.9 Å². The van der Waals surface area contributed by atoms with E-state index in [2.05, 4.69) is 0 Å². The fraction of sp³-hybridized carbons (Fsp3) is 0.476. The van der Waals surface area contributed by atoms with Crippen molar-refractivity contribution in [3.8, 4) is 0 Å². The minimum absolute atomic E-state index is 0.0750. The SMILES string of the molecule is Cn1cc(C2=CCN(C(=O)OC(C)(C)C)C(C)(C)C2)c2cc([N+](=O)[O-])ccc21. The number of hydrogen-bond acceptors (Lipinski definition) is 4. The first kappa shape index (κ1) is 19.9. The van der Waals surface area contributed by atoms with Gasteiger partial charge in [-0.25, -0.2) is 4.79 Å². The minimum atomic E-state index is -0.550. The summed E-state index contributed by atoms with van der Waals surface area (Å²) in [6.07, 6.45) is 4.32. The van der Waals surface area contributed by atoms with Crippen molar-refractivity contribution < 1.29 is 14.5 Å². The van der Waals surface area contributed by atoms with Crippen LogP contribution in [0.5, 0.6) is 0 Å². The number of amides is 1. The minimum Gasteiger partial charge on any atom is -0.444 e. The van der Waals surface area contributed by atoms with Crippen LogP contribution < -0.4 is 0 Å². The number of fused-ring (bicyclic) bond motifs is 1. The van der Waals surface area contributed by atoms with Gasteiger partial charge in [-0.15, -0.1) is 0 Å². The number of aromatic nitrogens is 1. The lowest BCUT2D eigenvalue weighted by Crippen LogP contribution is -2.51. The molecule has 7 nitrogen and oxygen atoms in total. The first-order valence-electron chi connectivity index (χ1n) is 9.32. The van der Waals surface area contributed by atoms with Gasteiger partial charge in [0, 0.05) is 53.9 Å². The highest BCUT2D eigenvalue weighted by molar-refractivity contribution is 5.95. The van der Waals surface area contributed by atoms with Gasteiger partial charge < -0.3 is 9.30 Å². The third kappa shape index (κ3) is 3.74. The smallest absolute Gasteiger partial charge is 0.411 e. The molecule has 0 fully saturated rings. The maximum atomic E-state index is 12.6. The van der Waals surface area contributed by atoms with Crippen LogP contribution in [0, 0.1) is 10.1 Å². The van der Waals surface area contributed by atoms with Gasteiger partial charge in [0.2, 0.25) is 0 Å². The Morgan fingerprint density at radius 1 is 1.29 bits per heavy atom. The number of aryl methyl sites for hydroxylation is 1. The molecule has 0 bridgehead atoms. The maximum Gasteiger partial charge on any atom is 0.411 e. The Morgan fingerprint density at radius 2 is 1.96 bits per heavy atom. The number of rotatable bonds is 2. The van der Waals surface area contributed by atoms with Gasteiger partial charge in [-0.2, -0.15) is 0 Å². The zero-order valence-corrected chi connectivity index (χ0v) is 17.3. The van der Waals surface area contributed by atoms with Crippen LogP contribution in [-0.2, 0) is 11.8 Å². The molecule has 0 saturated heterocycles. The van der Waals surface area contributed by atoms with E-state index in [0.29, 0.717) is 13.0 Å². The quantitative estimate of drug-likeness (QED) is 0.545. The zero-order chi connectivity index (χ0) is 20.9. The monoisotopic (exact) mass is 385 g/mol. The van der Waals surface area contributed by atoms with Crippen LogP contribution in [-0.4, -0.2) is 38.2 Å². The van der Waals surface area contributed by atoms with Crippen molar-refractivity contribution in [1.29, 1.82) is 0 Å². The fourth-order valence-corrected chi connectivity index (χ4v) is 3.68. The van der Waals surface area contributed by atoms with Gasteiger partial charge in [0.25, 0.3) is 5.69 Å². The van der Waals surface area contributed by atoms with E-state index in [0.717, 1.165) is 22.0 Å². The van der Waals surface area contributed by atoms with Crippen LogP contribution in [0.15, 0.2) is 30.5 Å². The van der Waals surface area contributed by atoms with Crippen molar-refractivity contribution in [2.45, 2.75) is 52.2 Å². The van der Waals surface area contributed by atoms with Crippen molar-refractivity contribution >= 4 is 28.3 Å². The Labute approximate surface area is 164 Å². The lowest BCUT2D eigenvalue weighted by Gasteiger charge is -2.42. The van der Waals surface area contributed by atoms with Crippen molar-refractivity contribution in [3.63, 3.8) is 0 Å². The number of ether oxygens (including phenoxy) is 1. The Morgan fingerprint density at radius 3 is 2.54 bits per heavy atom. The van der Waals surface area contributed by atoms with Gasteiger partial charge in [0.15, 0.2) is 0 Å². The molecule has 1 aliphatic rings. The summed E-state index contributed by atoms with van der Waals surface area (Å²) in [5, 5.41) is 12.1. The summed E-state index contributed by atoms with van der Waals surface area (Å²) in [5.74, 6) is 0. The molecular weight excluding hydrogens is 358 g/mol. The van der Waals surface area contributed by atoms with Gasteiger partial charge in [-0.3, -0.25) is 15.0 Å². The van der Waals surface area contributed by atoms with Crippen LogP contribution in [0.3, 0.4) is 0 Å². The second kappa shape index (κ2) is 6.65. The number of nitro benzene ring substituents is 1. The van der Waals surface area contributed by atoms with Crippen LogP contribution >= 0.6 is 0 Å². The van der Waals surface area contributed by atoms with E-state index in [1.54, 1.807) is 17.0 Å². The summed E-state index contributed by atoms with van der Waals surface area (Å²) in [7, 11) is 1.93. The number of nitrogens with zero attached hydrogens (tertiary/aromatic N) is 3. The van der Waals surface area contributed by atoms with Gasteiger partial charge in [0.05, 0.1) is 4.92 Å². The third-order valence-electron chi connectivity index (χ3n) is 5.02. The van der Waals surface area contributed by atoms with E-state index in [1.807, 2.05) is 58.5 Å². The Kier molecular flexibility index (Phi) is 4.73. The topological polar surface area (TPSA) is 77.6 Å². The molecule has 0 unspecified atom stereocenters. The molecule has 1 aromatic heterocycles. The normalized spacial score (nSPS) is 16.8. The van der Waals surface area contributed by atoms with Crippen LogP contribution in [0.1, 0.15) is 46.6 Å². The average Bonchev–Trinajstić information content (AvgIpc) is 2.88. The molecule has 7 heteroatoms. The summed E-state index contributed by atoms with van der Waals surface area (Å²) in [4.78, 5) is 25.2.